The Labute approximate surface area is 110 Å². The van der Waals surface area contributed by atoms with Crippen molar-refractivity contribution < 1.29 is 4.92 Å². The zero-order chi connectivity index (χ0) is 12.8. The van der Waals surface area contributed by atoms with E-state index in [2.05, 4.69) is 4.90 Å². The monoisotopic (exact) mass is 274 g/mol. The van der Waals surface area contributed by atoms with Gasteiger partial charge in [-0.2, -0.15) is 11.8 Å². The van der Waals surface area contributed by atoms with Crippen molar-refractivity contribution in [3.8, 4) is 0 Å². The van der Waals surface area contributed by atoms with Crippen LogP contribution < -0.4 is 0 Å². The van der Waals surface area contributed by atoms with Crippen LogP contribution in [0.5, 0.6) is 0 Å². The van der Waals surface area contributed by atoms with E-state index < -0.39 is 4.92 Å². The van der Waals surface area contributed by atoms with E-state index in [4.69, 9.17) is 11.6 Å². The molecule has 0 amide bonds. The predicted molar refractivity (Wildman–Crippen MR) is 72.8 cm³/mol. The molecular weight excluding hydrogens is 260 g/mol. The van der Waals surface area contributed by atoms with E-state index in [-0.39, 0.29) is 5.69 Å². The maximum atomic E-state index is 10.6. The Bertz CT molecular complexity index is 399. The molecule has 0 unspecified atom stereocenters. The van der Waals surface area contributed by atoms with Crippen LogP contribution in [0.15, 0.2) is 18.2 Å². The zero-order valence-electron chi connectivity index (χ0n) is 9.85. The van der Waals surface area contributed by atoms with Crippen molar-refractivity contribution in [1.29, 1.82) is 0 Å². The molecule has 1 aromatic rings. The van der Waals surface area contributed by atoms with Gasteiger partial charge in [0, 0.05) is 35.2 Å². The maximum Gasteiger partial charge on any atom is 0.269 e. The van der Waals surface area contributed by atoms with Crippen LogP contribution in [-0.4, -0.2) is 36.2 Å². The first-order chi connectivity index (χ1) is 8.00. The molecule has 0 atom stereocenters. The SMILES string of the molecule is CN(C)CCSCc1cc([N+](=O)[O-])ccc1Cl. The van der Waals surface area contributed by atoms with Gasteiger partial charge in [-0.15, -0.1) is 0 Å². The number of nitrogens with zero attached hydrogens (tertiary/aromatic N) is 2. The molecule has 0 aliphatic carbocycles. The molecule has 0 N–H and O–H groups in total. The van der Waals surface area contributed by atoms with E-state index in [0.717, 1.165) is 17.9 Å². The lowest BCUT2D eigenvalue weighted by Gasteiger charge is -2.09. The summed E-state index contributed by atoms with van der Waals surface area (Å²) in [6.45, 7) is 0.983. The molecule has 0 radical (unpaired) electrons. The minimum Gasteiger partial charge on any atom is -0.309 e. The van der Waals surface area contributed by atoms with Crippen molar-refractivity contribution in [1.82, 2.24) is 4.90 Å². The van der Waals surface area contributed by atoms with E-state index in [1.807, 2.05) is 14.1 Å². The summed E-state index contributed by atoms with van der Waals surface area (Å²) in [5.74, 6) is 1.68. The quantitative estimate of drug-likeness (QED) is 0.454. The Morgan fingerprint density at radius 2 is 2.18 bits per heavy atom. The van der Waals surface area contributed by atoms with Gasteiger partial charge in [0.15, 0.2) is 0 Å². The van der Waals surface area contributed by atoms with Gasteiger partial charge in [-0.3, -0.25) is 10.1 Å². The number of rotatable bonds is 6. The molecule has 17 heavy (non-hydrogen) atoms. The minimum atomic E-state index is -0.398. The van der Waals surface area contributed by atoms with E-state index >= 15 is 0 Å². The Morgan fingerprint density at radius 3 is 2.76 bits per heavy atom. The van der Waals surface area contributed by atoms with Crippen molar-refractivity contribution in [2.24, 2.45) is 0 Å². The van der Waals surface area contributed by atoms with Crippen LogP contribution in [0.1, 0.15) is 5.56 Å². The second-order valence-electron chi connectivity index (χ2n) is 3.89. The average molecular weight is 275 g/mol. The molecular formula is C11H15ClN2O2S. The van der Waals surface area contributed by atoms with E-state index in [9.17, 15) is 10.1 Å². The molecule has 0 fully saturated rings. The van der Waals surface area contributed by atoms with Gasteiger partial charge >= 0.3 is 0 Å². The molecule has 0 spiro atoms. The van der Waals surface area contributed by atoms with E-state index in [1.165, 1.54) is 6.07 Å². The molecule has 0 heterocycles. The maximum absolute atomic E-state index is 10.6. The summed E-state index contributed by atoms with van der Waals surface area (Å²) >= 11 is 7.72. The number of nitro benzene ring substituents is 1. The van der Waals surface area contributed by atoms with Crippen LogP contribution in [0.25, 0.3) is 0 Å². The molecule has 0 aromatic heterocycles. The minimum absolute atomic E-state index is 0.0950. The van der Waals surface area contributed by atoms with Crippen molar-refractivity contribution in [3.63, 3.8) is 0 Å². The fraction of sp³-hybridized carbons (Fsp3) is 0.455. The summed E-state index contributed by atoms with van der Waals surface area (Å²) in [4.78, 5) is 12.3. The predicted octanol–water partition coefficient (Wildman–Crippen LogP) is 3.04. The largest absolute Gasteiger partial charge is 0.309 e. The van der Waals surface area contributed by atoms with Crippen LogP contribution in [0.3, 0.4) is 0 Å². The van der Waals surface area contributed by atoms with Gasteiger partial charge in [-0.1, -0.05) is 11.6 Å². The third-order valence-electron chi connectivity index (χ3n) is 2.18. The summed E-state index contributed by atoms with van der Waals surface area (Å²) in [5, 5.41) is 11.2. The Hall–Kier alpha value is -0.780. The van der Waals surface area contributed by atoms with Gasteiger partial charge < -0.3 is 4.90 Å². The second-order valence-corrected chi connectivity index (χ2v) is 5.40. The third kappa shape index (κ3) is 4.93. The first kappa shape index (κ1) is 14.3. The zero-order valence-corrected chi connectivity index (χ0v) is 11.4. The van der Waals surface area contributed by atoms with Crippen LogP contribution >= 0.6 is 23.4 Å². The highest BCUT2D eigenvalue weighted by atomic mass is 35.5. The van der Waals surface area contributed by atoms with Gasteiger partial charge in [-0.05, 0) is 25.7 Å². The number of thioether (sulfide) groups is 1. The van der Waals surface area contributed by atoms with Crippen molar-refractivity contribution in [2.45, 2.75) is 5.75 Å². The summed E-state index contributed by atoms with van der Waals surface area (Å²) in [6, 6.07) is 4.56. The second kappa shape index (κ2) is 6.83. The smallest absolute Gasteiger partial charge is 0.269 e. The highest BCUT2D eigenvalue weighted by Gasteiger charge is 2.09. The molecule has 0 bridgehead atoms. The summed E-state index contributed by atoms with van der Waals surface area (Å²) in [6.07, 6.45) is 0. The number of benzene rings is 1. The van der Waals surface area contributed by atoms with Crippen LogP contribution in [-0.2, 0) is 5.75 Å². The first-order valence-electron chi connectivity index (χ1n) is 5.16. The first-order valence-corrected chi connectivity index (χ1v) is 6.69. The lowest BCUT2D eigenvalue weighted by atomic mass is 10.2. The summed E-state index contributed by atoms with van der Waals surface area (Å²) in [5.41, 5.74) is 0.919. The number of hydrogen-bond acceptors (Lipinski definition) is 4. The summed E-state index contributed by atoms with van der Waals surface area (Å²) in [7, 11) is 4.03. The van der Waals surface area contributed by atoms with Crippen molar-refractivity contribution >= 4 is 29.1 Å². The third-order valence-corrected chi connectivity index (χ3v) is 3.54. The molecule has 4 nitrogen and oxygen atoms in total. The number of nitro groups is 1. The fourth-order valence-electron chi connectivity index (χ4n) is 1.21. The average Bonchev–Trinajstić information content (AvgIpc) is 2.25. The molecule has 0 saturated heterocycles. The topological polar surface area (TPSA) is 46.4 Å². The number of non-ortho nitro benzene ring substituents is 1. The summed E-state index contributed by atoms with van der Waals surface area (Å²) < 4.78 is 0. The fourth-order valence-corrected chi connectivity index (χ4v) is 2.58. The molecule has 0 aliphatic heterocycles. The van der Waals surface area contributed by atoms with Gasteiger partial charge in [-0.25, -0.2) is 0 Å². The molecule has 1 rings (SSSR count). The van der Waals surface area contributed by atoms with E-state index in [0.29, 0.717) is 10.8 Å². The number of hydrogen-bond donors (Lipinski definition) is 0. The molecule has 0 aliphatic rings. The van der Waals surface area contributed by atoms with Crippen molar-refractivity contribution in [3.05, 3.63) is 38.9 Å². The molecule has 0 saturated carbocycles. The van der Waals surface area contributed by atoms with Gasteiger partial charge in [0.25, 0.3) is 5.69 Å². The van der Waals surface area contributed by atoms with Crippen LogP contribution in [0, 0.1) is 10.1 Å². The van der Waals surface area contributed by atoms with Gasteiger partial charge in [0.2, 0.25) is 0 Å². The highest BCUT2D eigenvalue weighted by molar-refractivity contribution is 7.98. The normalized spacial score (nSPS) is 10.8. The Kier molecular flexibility index (Phi) is 5.74. The van der Waals surface area contributed by atoms with Gasteiger partial charge in [0.05, 0.1) is 4.92 Å². The highest BCUT2D eigenvalue weighted by Crippen LogP contribution is 2.25. The van der Waals surface area contributed by atoms with Crippen LogP contribution in [0.2, 0.25) is 5.02 Å². The molecule has 1 aromatic carbocycles. The molecule has 94 valence electrons. The molecule has 6 heteroatoms. The lowest BCUT2D eigenvalue weighted by Crippen LogP contribution is -2.14. The van der Waals surface area contributed by atoms with Crippen molar-refractivity contribution in [2.75, 3.05) is 26.4 Å². The Morgan fingerprint density at radius 1 is 1.47 bits per heavy atom. The lowest BCUT2D eigenvalue weighted by molar-refractivity contribution is -0.384. The Balaban J connectivity index is 2.57. The van der Waals surface area contributed by atoms with E-state index in [1.54, 1.807) is 23.9 Å². The van der Waals surface area contributed by atoms with Gasteiger partial charge in [0.1, 0.15) is 0 Å². The van der Waals surface area contributed by atoms with Crippen LogP contribution in [0.4, 0.5) is 5.69 Å². The standard InChI is InChI=1S/C11H15ClN2O2S/c1-13(2)5-6-17-8-9-7-10(14(15)16)3-4-11(9)12/h3-4,7H,5-6,8H2,1-2H3. The number of halogens is 1.